The van der Waals surface area contributed by atoms with Gasteiger partial charge in [0, 0.05) is 6.42 Å². The zero-order valence-corrected chi connectivity index (χ0v) is 11.3. The second-order valence-electron chi connectivity index (χ2n) is 4.54. The first-order valence-corrected chi connectivity index (χ1v) is 6.59. The maximum atomic E-state index is 11.4. The quantitative estimate of drug-likeness (QED) is 0.535. The van der Waals surface area contributed by atoms with Crippen LogP contribution in [0.25, 0.3) is 6.08 Å². The largest absolute Gasteiger partial charge is 0.465 e. The van der Waals surface area contributed by atoms with Gasteiger partial charge >= 0.3 is 5.97 Å². The Morgan fingerprint density at radius 3 is 2.72 bits per heavy atom. The molecule has 98 valence electrons. The van der Waals surface area contributed by atoms with Crippen LogP contribution in [0.5, 0.6) is 0 Å². The van der Waals surface area contributed by atoms with E-state index in [2.05, 4.69) is 13.8 Å². The van der Waals surface area contributed by atoms with Gasteiger partial charge in [-0.1, -0.05) is 62.8 Å². The molecule has 0 aliphatic rings. The van der Waals surface area contributed by atoms with E-state index in [1.54, 1.807) is 0 Å². The molecule has 18 heavy (non-hydrogen) atoms. The third kappa shape index (κ3) is 6.24. The summed E-state index contributed by atoms with van der Waals surface area (Å²) in [5.41, 5.74) is 1.17. The van der Waals surface area contributed by atoms with Crippen LogP contribution in [-0.4, -0.2) is 12.6 Å². The van der Waals surface area contributed by atoms with Crippen molar-refractivity contribution >= 4 is 12.0 Å². The van der Waals surface area contributed by atoms with Crippen molar-refractivity contribution in [2.24, 2.45) is 5.92 Å². The van der Waals surface area contributed by atoms with Crippen LogP contribution in [0.2, 0.25) is 0 Å². The Balaban J connectivity index is 2.15. The average Bonchev–Trinajstić information content (AvgIpc) is 2.39. The molecule has 1 aromatic carbocycles. The highest BCUT2D eigenvalue weighted by atomic mass is 16.5. The Morgan fingerprint density at radius 2 is 2.06 bits per heavy atom. The SMILES string of the molecule is CC[C@H](C)CC(=O)OCC/C=C/c1ccccc1. The summed E-state index contributed by atoms with van der Waals surface area (Å²) in [7, 11) is 0. The number of carbonyl (C=O) groups excluding carboxylic acids is 1. The van der Waals surface area contributed by atoms with Crippen LogP contribution in [-0.2, 0) is 9.53 Å². The Bertz CT molecular complexity index is 368. The summed E-state index contributed by atoms with van der Waals surface area (Å²) < 4.78 is 5.16. The highest BCUT2D eigenvalue weighted by Gasteiger charge is 2.07. The number of rotatable bonds is 7. The highest BCUT2D eigenvalue weighted by Crippen LogP contribution is 2.07. The molecule has 0 N–H and O–H groups in total. The van der Waals surface area contributed by atoms with Gasteiger partial charge in [0.1, 0.15) is 0 Å². The van der Waals surface area contributed by atoms with E-state index >= 15 is 0 Å². The van der Waals surface area contributed by atoms with Crippen LogP contribution in [0, 0.1) is 5.92 Å². The summed E-state index contributed by atoms with van der Waals surface area (Å²) >= 11 is 0. The van der Waals surface area contributed by atoms with Gasteiger partial charge in [-0.15, -0.1) is 0 Å². The molecule has 0 aliphatic heterocycles. The first-order chi connectivity index (χ1) is 8.72. The molecule has 1 atom stereocenters. The van der Waals surface area contributed by atoms with Crippen LogP contribution in [0.1, 0.15) is 38.7 Å². The predicted octanol–water partition coefficient (Wildman–Crippen LogP) is 4.07. The number of hydrogen-bond acceptors (Lipinski definition) is 2. The molecule has 0 aliphatic carbocycles. The molecular weight excluding hydrogens is 224 g/mol. The van der Waals surface area contributed by atoms with Crippen LogP contribution in [0.4, 0.5) is 0 Å². The van der Waals surface area contributed by atoms with E-state index in [0.29, 0.717) is 18.9 Å². The van der Waals surface area contributed by atoms with E-state index in [4.69, 9.17) is 4.74 Å². The van der Waals surface area contributed by atoms with Crippen molar-refractivity contribution in [1.29, 1.82) is 0 Å². The zero-order chi connectivity index (χ0) is 13.2. The fourth-order valence-corrected chi connectivity index (χ4v) is 1.51. The Hall–Kier alpha value is -1.57. The molecule has 0 bridgehead atoms. The molecule has 0 spiro atoms. The van der Waals surface area contributed by atoms with Crippen LogP contribution in [0.3, 0.4) is 0 Å². The van der Waals surface area contributed by atoms with E-state index in [1.807, 2.05) is 42.5 Å². The highest BCUT2D eigenvalue weighted by molar-refractivity contribution is 5.69. The van der Waals surface area contributed by atoms with Gasteiger partial charge in [0.15, 0.2) is 0 Å². The first-order valence-electron chi connectivity index (χ1n) is 6.59. The molecule has 0 saturated heterocycles. The van der Waals surface area contributed by atoms with Gasteiger partial charge in [0.25, 0.3) is 0 Å². The van der Waals surface area contributed by atoms with Crippen LogP contribution < -0.4 is 0 Å². The fraction of sp³-hybridized carbons (Fsp3) is 0.438. The summed E-state index contributed by atoms with van der Waals surface area (Å²) in [6.07, 6.45) is 6.39. The summed E-state index contributed by atoms with van der Waals surface area (Å²) in [6, 6.07) is 10.1. The lowest BCUT2D eigenvalue weighted by Crippen LogP contribution is -2.09. The van der Waals surface area contributed by atoms with Gasteiger partial charge in [-0.05, 0) is 17.9 Å². The lowest BCUT2D eigenvalue weighted by molar-refractivity contribution is -0.144. The van der Waals surface area contributed by atoms with E-state index in [1.165, 1.54) is 5.56 Å². The molecule has 0 radical (unpaired) electrons. The fourth-order valence-electron chi connectivity index (χ4n) is 1.51. The van der Waals surface area contributed by atoms with Crippen molar-refractivity contribution in [3.05, 3.63) is 42.0 Å². The Morgan fingerprint density at radius 1 is 1.33 bits per heavy atom. The normalized spacial score (nSPS) is 12.6. The van der Waals surface area contributed by atoms with Crippen molar-refractivity contribution in [1.82, 2.24) is 0 Å². The molecule has 1 rings (SSSR count). The number of benzene rings is 1. The summed E-state index contributed by atoms with van der Waals surface area (Å²) in [4.78, 5) is 11.4. The van der Waals surface area contributed by atoms with Crippen molar-refractivity contribution < 1.29 is 9.53 Å². The minimum atomic E-state index is -0.0857. The monoisotopic (exact) mass is 246 g/mol. The van der Waals surface area contributed by atoms with Crippen molar-refractivity contribution in [2.75, 3.05) is 6.61 Å². The number of esters is 1. The summed E-state index contributed by atoms with van der Waals surface area (Å²) in [6.45, 7) is 4.62. The summed E-state index contributed by atoms with van der Waals surface area (Å²) in [5.74, 6) is 0.329. The second kappa shape index (κ2) is 8.51. The Kier molecular flexibility index (Phi) is 6.85. The van der Waals surface area contributed by atoms with Gasteiger partial charge < -0.3 is 4.74 Å². The molecule has 0 saturated carbocycles. The molecule has 2 nitrogen and oxygen atoms in total. The van der Waals surface area contributed by atoms with Gasteiger partial charge in [-0.2, -0.15) is 0 Å². The molecule has 0 heterocycles. The number of ether oxygens (including phenoxy) is 1. The van der Waals surface area contributed by atoms with Crippen molar-refractivity contribution in [3.8, 4) is 0 Å². The lowest BCUT2D eigenvalue weighted by atomic mass is 10.1. The van der Waals surface area contributed by atoms with E-state index in [0.717, 1.165) is 12.8 Å². The third-order valence-electron chi connectivity index (χ3n) is 2.87. The molecule has 0 unspecified atom stereocenters. The van der Waals surface area contributed by atoms with E-state index < -0.39 is 0 Å². The van der Waals surface area contributed by atoms with Gasteiger partial charge in [-0.25, -0.2) is 0 Å². The molecule has 0 amide bonds. The maximum Gasteiger partial charge on any atom is 0.306 e. The van der Waals surface area contributed by atoms with Gasteiger partial charge in [-0.3, -0.25) is 4.79 Å². The molecule has 1 aromatic rings. The second-order valence-corrected chi connectivity index (χ2v) is 4.54. The van der Waals surface area contributed by atoms with Crippen LogP contribution >= 0.6 is 0 Å². The number of carbonyl (C=O) groups is 1. The molecule has 0 aromatic heterocycles. The summed E-state index contributed by atoms with van der Waals surface area (Å²) in [5, 5.41) is 0. The zero-order valence-electron chi connectivity index (χ0n) is 11.3. The van der Waals surface area contributed by atoms with Gasteiger partial charge in [0.05, 0.1) is 6.61 Å². The molecule has 0 fully saturated rings. The minimum absolute atomic E-state index is 0.0857. The smallest absolute Gasteiger partial charge is 0.306 e. The van der Waals surface area contributed by atoms with Gasteiger partial charge in [0.2, 0.25) is 0 Å². The standard InChI is InChI=1S/C16H22O2/c1-3-14(2)13-16(17)18-12-8-7-11-15-9-5-4-6-10-15/h4-7,9-11,14H,3,8,12-13H2,1-2H3/b11-7+/t14-/m0/s1. The van der Waals surface area contributed by atoms with Crippen LogP contribution in [0.15, 0.2) is 36.4 Å². The Labute approximate surface area is 110 Å². The molecular formula is C16H22O2. The predicted molar refractivity (Wildman–Crippen MR) is 75.1 cm³/mol. The van der Waals surface area contributed by atoms with E-state index in [9.17, 15) is 4.79 Å². The number of hydrogen-bond donors (Lipinski definition) is 0. The first kappa shape index (κ1) is 14.5. The van der Waals surface area contributed by atoms with Crippen molar-refractivity contribution in [3.63, 3.8) is 0 Å². The minimum Gasteiger partial charge on any atom is -0.465 e. The average molecular weight is 246 g/mol. The lowest BCUT2D eigenvalue weighted by Gasteiger charge is -2.07. The van der Waals surface area contributed by atoms with Crippen molar-refractivity contribution in [2.45, 2.75) is 33.1 Å². The topological polar surface area (TPSA) is 26.3 Å². The third-order valence-corrected chi connectivity index (χ3v) is 2.87. The van der Waals surface area contributed by atoms with E-state index in [-0.39, 0.29) is 5.97 Å². The molecule has 2 heteroatoms. The maximum absolute atomic E-state index is 11.4.